The zero-order valence-electron chi connectivity index (χ0n) is 23.1. The van der Waals surface area contributed by atoms with Crippen LogP contribution in [-0.4, -0.2) is 57.0 Å². The lowest BCUT2D eigenvalue weighted by molar-refractivity contribution is -0.123. The molecule has 1 aliphatic heterocycles. The number of aliphatic hydroxyl groups is 2. The highest BCUT2D eigenvalue weighted by atomic mass is 16.4. The van der Waals surface area contributed by atoms with Gasteiger partial charge in [-0.15, -0.1) is 0 Å². The van der Waals surface area contributed by atoms with E-state index in [0.29, 0.717) is 24.8 Å². The van der Waals surface area contributed by atoms with Crippen molar-refractivity contribution in [3.8, 4) is 5.75 Å². The van der Waals surface area contributed by atoms with E-state index in [1.54, 1.807) is 18.2 Å². The fraction of sp³-hybridized carbons (Fsp3) is 0.312. The number of rotatable bonds is 8. The third-order valence-electron chi connectivity index (χ3n) is 8.46. The number of nitrogens with zero attached hydrogens (tertiary/aromatic N) is 1. The smallest absolute Gasteiger partial charge is 0.488 e. The molecular weight excluding hydrogens is 521 g/mol. The first-order chi connectivity index (χ1) is 19.6. The molecule has 3 aromatic carbocycles. The Morgan fingerprint density at radius 1 is 1.05 bits per heavy atom. The van der Waals surface area contributed by atoms with E-state index in [-0.39, 0.29) is 23.5 Å². The van der Waals surface area contributed by atoms with Gasteiger partial charge >= 0.3 is 7.12 Å². The number of carbonyl (C=O) groups is 2. The molecule has 4 atom stereocenters. The summed E-state index contributed by atoms with van der Waals surface area (Å²) >= 11 is 0. The van der Waals surface area contributed by atoms with Crippen LogP contribution < -0.4 is 10.4 Å². The zero-order valence-corrected chi connectivity index (χ0v) is 23.1. The molecule has 8 nitrogen and oxygen atoms in total. The zero-order chi connectivity index (χ0) is 29.4. The van der Waals surface area contributed by atoms with Gasteiger partial charge < -0.3 is 25.4 Å². The fourth-order valence-electron chi connectivity index (χ4n) is 6.49. The first kappa shape index (κ1) is 28.8. The molecule has 2 amide bonds. The van der Waals surface area contributed by atoms with Gasteiger partial charge in [0.1, 0.15) is 5.75 Å². The summed E-state index contributed by atoms with van der Waals surface area (Å²) in [5.74, 6) is -2.82. The summed E-state index contributed by atoms with van der Waals surface area (Å²) in [7, 11) is -1.74. The Kier molecular flexibility index (Phi) is 8.15. The van der Waals surface area contributed by atoms with Crippen LogP contribution in [0.2, 0.25) is 0 Å². The average molecular weight is 555 g/mol. The molecule has 0 spiro atoms. The van der Waals surface area contributed by atoms with Gasteiger partial charge in [0.05, 0.1) is 30.2 Å². The maximum absolute atomic E-state index is 13.6. The van der Waals surface area contributed by atoms with Crippen molar-refractivity contribution < 1.29 is 35.0 Å². The number of benzene rings is 3. The summed E-state index contributed by atoms with van der Waals surface area (Å²) in [6.45, 7) is 3.43. The Labute approximate surface area is 239 Å². The minimum atomic E-state index is -1.74. The van der Waals surface area contributed by atoms with Crippen LogP contribution in [0, 0.1) is 17.8 Å². The molecule has 9 heteroatoms. The van der Waals surface area contributed by atoms with Crippen molar-refractivity contribution in [2.24, 2.45) is 17.8 Å². The third kappa shape index (κ3) is 5.34. The lowest BCUT2D eigenvalue weighted by atomic mass is 9.68. The molecule has 0 unspecified atom stereocenters. The Morgan fingerprint density at radius 3 is 2.49 bits per heavy atom. The molecule has 3 aromatic rings. The summed E-state index contributed by atoms with van der Waals surface area (Å²) in [5.41, 5.74) is 3.80. The number of aromatic hydroxyl groups is 1. The SMILES string of the molecule is CC1=C([C@H](O)CC/C(C)=C/c2ccc(O)c3ccccc23)[C@H](CO)[C@@H]2C(=O)N(c3cccc(B(O)O)c3)C(=O)[C@@H]2C1. The quantitative estimate of drug-likeness (QED) is 0.164. The highest BCUT2D eigenvalue weighted by molar-refractivity contribution is 6.58. The van der Waals surface area contributed by atoms with Crippen molar-refractivity contribution in [3.63, 3.8) is 0 Å². The van der Waals surface area contributed by atoms with Gasteiger partial charge in [0.15, 0.2) is 0 Å². The molecule has 212 valence electrons. The maximum Gasteiger partial charge on any atom is 0.488 e. The monoisotopic (exact) mass is 555 g/mol. The van der Waals surface area contributed by atoms with Crippen molar-refractivity contribution in [3.05, 3.63) is 82.9 Å². The van der Waals surface area contributed by atoms with Gasteiger partial charge in [0, 0.05) is 11.3 Å². The highest BCUT2D eigenvalue weighted by Gasteiger charge is 2.54. The van der Waals surface area contributed by atoms with Crippen molar-refractivity contribution in [2.75, 3.05) is 11.5 Å². The number of hydrogen-bond acceptors (Lipinski definition) is 7. The van der Waals surface area contributed by atoms with E-state index in [9.17, 15) is 35.0 Å². The van der Waals surface area contributed by atoms with E-state index in [1.807, 2.05) is 50.3 Å². The maximum atomic E-state index is 13.6. The Hall–Kier alpha value is -3.76. The molecule has 5 rings (SSSR count). The second kappa shape index (κ2) is 11.6. The molecular formula is C32H34BNO7. The van der Waals surface area contributed by atoms with E-state index in [4.69, 9.17) is 0 Å². The fourth-order valence-corrected chi connectivity index (χ4v) is 6.49. The molecule has 0 bridgehead atoms. The molecule has 1 saturated heterocycles. The number of carbonyl (C=O) groups excluding carboxylic acids is 2. The number of phenolic OH excluding ortho intramolecular Hbond substituents is 1. The number of allylic oxidation sites excluding steroid dienone is 2. The average Bonchev–Trinajstić information content (AvgIpc) is 3.21. The van der Waals surface area contributed by atoms with Crippen molar-refractivity contribution in [1.29, 1.82) is 0 Å². The van der Waals surface area contributed by atoms with E-state index < -0.39 is 42.8 Å². The predicted molar refractivity (Wildman–Crippen MR) is 158 cm³/mol. The predicted octanol–water partition coefficient (Wildman–Crippen LogP) is 2.90. The number of imide groups is 1. The number of hydrogen-bond donors (Lipinski definition) is 5. The molecule has 1 aliphatic carbocycles. The molecule has 2 aliphatic rings. The van der Waals surface area contributed by atoms with E-state index in [2.05, 4.69) is 0 Å². The number of aliphatic hydroxyl groups excluding tert-OH is 2. The van der Waals surface area contributed by atoms with Gasteiger partial charge in [-0.05, 0) is 73.3 Å². The summed E-state index contributed by atoms with van der Waals surface area (Å²) in [6.07, 6.45) is 2.36. The Bertz CT molecular complexity index is 1560. The second-order valence-corrected chi connectivity index (χ2v) is 11.1. The van der Waals surface area contributed by atoms with Gasteiger partial charge in [-0.25, -0.2) is 0 Å². The summed E-state index contributed by atoms with van der Waals surface area (Å²) < 4.78 is 0. The molecule has 1 fully saturated rings. The molecule has 0 radical (unpaired) electrons. The molecule has 41 heavy (non-hydrogen) atoms. The molecule has 0 aromatic heterocycles. The number of anilines is 1. The Balaban J connectivity index is 1.35. The summed E-state index contributed by atoms with van der Waals surface area (Å²) in [6, 6.07) is 17.1. The summed E-state index contributed by atoms with van der Waals surface area (Å²) in [5, 5.41) is 52.7. The molecule has 0 saturated carbocycles. The van der Waals surface area contributed by atoms with Gasteiger partial charge in [0.2, 0.25) is 11.8 Å². The number of fused-ring (bicyclic) bond motifs is 2. The van der Waals surface area contributed by atoms with Crippen LogP contribution >= 0.6 is 0 Å². The van der Waals surface area contributed by atoms with Crippen LogP contribution in [0.3, 0.4) is 0 Å². The molecule has 5 N–H and O–H groups in total. The van der Waals surface area contributed by atoms with Crippen LogP contribution in [0.1, 0.15) is 38.7 Å². The van der Waals surface area contributed by atoms with Gasteiger partial charge in [-0.2, -0.15) is 0 Å². The van der Waals surface area contributed by atoms with Gasteiger partial charge in [-0.1, -0.05) is 59.7 Å². The van der Waals surface area contributed by atoms with Gasteiger partial charge in [-0.3, -0.25) is 14.5 Å². The van der Waals surface area contributed by atoms with E-state index in [1.165, 1.54) is 12.1 Å². The van der Waals surface area contributed by atoms with Crippen LogP contribution in [0.4, 0.5) is 5.69 Å². The minimum absolute atomic E-state index is 0.158. The van der Waals surface area contributed by atoms with E-state index >= 15 is 0 Å². The van der Waals surface area contributed by atoms with Gasteiger partial charge in [0.25, 0.3) is 0 Å². The Morgan fingerprint density at radius 2 is 1.78 bits per heavy atom. The topological polar surface area (TPSA) is 139 Å². The largest absolute Gasteiger partial charge is 0.507 e. The number of phenols is 1. The normalized spacial score (nSPS) is 22.0. The first-order valence-electron chi connectivity index (χ1n) is 13.8. The highest BCUT2D eigenvalue weighted by Crippen LogP contribution is 2.47. The second-order valence-electron chi connectivity index (χ2n) is 11.1. The van der Waals surface area contributed by atoms with Crippen molar-refractivity contribution in [1.82, 2.24) is 0 Å². The number of amides is 2. The van der Waals surface area contributed by atoms with Crippen LogP contribution in [-0.2, 0) is 9.59 Å². The van der Waals surface area contributed by atoms with Crippen molar-refractivity contribution >= 4 is 46.9 Å². The molecule has 1 heterocycles. The lowest BCUT2D eigenvalue weighted by Crippen LogP contribution is -2.39. The first-order valence-corrected chi connectivity index (χ1v) is 13.8. The van der Waals surface area contributed by atoms with E-state index in [0.717, 1.165) is 32.4 Å². The van der Waals surface area contributed by atoms with Crippen LogP contribution in [0.25, 0.3) is 16.8 Å². The summed E-state index contributed by atoms with van der Waals surface area (Å²) in [4.78, 5) is 28.1. The standard InChI is InChI=1S/C32H34BNO7/c1-18(14-20-11-13-27(36)24-9-4-3-8-23(20)24)10-12-28(37)29-19(2)15-25-30(26(29)17-35)32(39)34(31(25)38)22-7-5-6-21(16-22)33(40)41/h3-9,11,13-14,16,25-26,28,30,35-37,40-41H,10,12,15,17H2,1-2H3/b18-14+/t25-,26+,28-,30-/m1/s1. The third-order valence-corrected chi connectivity index (χ3v) is 8.46. The van der Waals surface area contributed by atoms with Crippen LogP contribution in [0.5, 0.6) is 5.75 Å². The van der Waals surface area contributed by atoms with Crippen LogP contribution in [0.15, 0.2) is 77.4 Å². The minimum Gasteiger partial charge on any atom is -0.507 e. The lowest BCUT2D eigenvalue weighted by Gasteiger charge is -2.35. The van der Waals surface area contributed by atoms with Crippen molar-refractivity contribution in [2.45, 2.75) is 39.2 Å².